The fourth-order valence-corrected chi connectivity index (χ4v) is 4.04. The average molecular weight is 410 g/mol. The van der Waals surface area contributed by atoms with Crippen molar-refractivity contribution in [2.24, 2.45) is 0 Å². The first-order valence-electron chi connectivity index (χ1n) is 9.21. The molecular formula is C22H22N2O4S. The van der Waals surface area contributed by atoms with E-state index in [-0.39, 0.29) is 17.7 Å². The van der Waals surface area contributed by atoms with E-state index in [1.807, 2.05) is 30.3 Å². The second-order valence-electron chi connectivity index (χ2n) is 6.49. The van der Waals surface area contributed by atoms with Crippen molar-refractivity contribution in [2.45, 2.75) is 18.2 Å². The average Bonchev–Trinajstić information content (AvgIpc) is 2.93. The van der Waals surface area contributed by atoms with Crippen molar-refractivity contribution in [3.63, 3.8) is 0 Å². The van der Waals surface area contributed by atoms with Crippen molar-refractivity contribution in [1.29, 1.82) is 0 Å². The van der Waals surface area contributed by atoms with Gasteiger partial charge in [0.2, 0.25) is 5.91 Å². The van der Waals surface area contributed by atoms with Crippen LogP contribution in [0.5, 0.6) is 0 Å². The van der Waals surface area contributed by atoms with Crippen LogP contribution >= 0.6 is 11.8 Å². The highest BCUT2D eigenvalue weighted by atomic mass is 32.2. The number of anilines is 1. The number of rotatable bonds is 8. The Hall–Kier alpha value is -2.90. The van der Waals surface area contributed by atoms with E-state index < -0.39 is 0 Å². The van der Waals surface area contributed by atoms with Crippen LogP contribution in [0.1, 0.15) is 18.9 Å². The van der Waals surface area contributed by atoms with Gasteiger partial charge in [-0.05, 0) is 36.2 Å². The first kappa shape index (κ1) is 20.8. The smallest absolute Gasteiger partial charge is 0.268 e. The molecule has 3 rings (SSSR count). The lowest BCUT2D eigenvalue weighted by Crippen LogP contribution is -2.33. The quantitative estimate of drug-likeness (QED) is 0.532. The first-order valence-corrected chi connectivity index (χ1v) is 10.0. The predicted octanol–water partition coefficient (Wildman–Crippen LogP) is 3.55. The molecule has 2 aromatic rings. The predicted molar refractivity (Wildman–Crippen MR) is 113 cm³/mol. The van der Waals surface area contributed by atoms with E-state index in [1.165, 1.54) is 23.6 Å². The molecule has 0 aromatic heterocycles. The van der Waals surface area contributed by atoms with E-state index in [4.69, 9.17) is 4.74 Å². The van der Waals surface area contributed by atoms with Gasteiger partial charge in [-0.3, -0.25) is 19.3 Å². The summed E-state index contributed by atoms with van der Waals surface area (Å²) < 4.78 is 5.05. The zero-order chi connectivity index (χ0) is 20.8. The number of carbonyl (C=O) groups excluding carboxylic acids is 3. The van der Waals surface area contributed by atoms with Crippen LogP contribution in [0.3, 0.4) is 0 Å². The SMILES string of the molecule is COCCCN1C(=O)C(Sc2ccccc2)=C(c2ccc(NC(C)=O)cc2)C1=O. The third kappa shape index (κ3) is 4.93. The molecule has 0 fully saturated rings. The van der Waals surface area contributed by atoms with Crippen LogP contribution in [0.25, 0.3) is 5.57 Å². The van der Waals surface area contributed by atoms with Crippen molar-refractivity contribution in [3.8, 4) is 0 Å². The standard InChI is InChI=1S/C22H22N2O4S/c1-15(25)23-17-11-9-16(10-12-17)19-20(29-18-7-4-3-5-8-18)22(27)24(21(19)26)13-6-14-28-2/h3-5,7-12H,6,13-14H2,1-2H3,(H,23,25). The Labute approximate surface area is 173 Å². The highest BCUT2D eigenvalue weighted by Crippen LogP contribution is 2.39. The van der Waals surface area contributed by atoms with Crippen LogP contribution in [0.15, 0.2) is 64.4 Å². The van der Waals surface area contributed by atoms with Gasteiger partial charge in [0.05, 0.1) is 10.5 Å². The monoisotopic (exact) mass is 410 g/mol. The van der Waals surface area contributed by atoms with Gasteiger partial charge in [-0.25, -0.2) is 0 Å². The van der Waals surface area contributed by atoms with Gasteiger partial charge >= 0.3 is 0 Å². The Morgan fingerprint density at radius 3 is 2.34 bits per heavy atom. The summed E-state index contributed by atoms with van der Waals surface area (Å²) in [4.78, 5) is 39.9. The third-order valence-corrected chi connectivity index (χ3v) is 5.40. The lowest BCUT2D eigenvalue weighted by Gasteiger charge is -2.14. The highest BCUT2D eigenvalue weighted by Gasteiger charge is 2.39. The number of imide groups is 1. The molecule has 6 nitrogen and oxygen atoms in total. The van der Waals surface area contributed by atoms with Gasteiger partial charge in [0.1, 0.15) is 0 Å². The minimum atomic E-state index is -0.309. The van der Waals surface area contributed by atoms with E-state index in [2.05, 4.69) is 5.32 Å². The molecule has 7 heteroatoms. The molecule has 0 bridgehead atoms. The number of hydrogen-bond acceptors (Lipinski definition) is 5. The Kier molecular flexibility index (Phi) is 6.85. The van der Waals surface area contributed by atoms with E-state index >= 15 is 0 Å². The Morgan fingerprint density at radius 1 is 1.03 bits per heavy atom. The number of benzene rings is 2. The Balaban J connectivity index is 1.95. The van der Waals surface area contributed by atoms with Crippen molar-refractivity contribution in [2.75, 3.05) is 25.6 Å². The summed E-state index contributed by atoms with van der Waals surface area (Å²) >= 11 is 1.29. The third-order valence-electron chi connectivity index (χ3n) is 4.31. The summed E-state index contributed by atoms with van der Waals surface area (Å²) in [6.45, 7) is 2.21. The molecule has 1 aliphatic heterocycles. The maximum atomic E-state index is 13.1. The van der Waals surface area contributed by atoms with Gasteiger partial charge in [-0.2, -0.15) is 0 Å². The zero-order valence-corrected chi connectivity index (χ0v) is 17.1. The second kappa shape index (κ2) is 9.54. The molecule has 1 N–H and O–H groups in total. The molecule has 1 aliphatic rings. The molecule has 3 amide bonds. The minimum Gasteiger partial charge on any atom is -0.385 e. The fourth-order valence-electron chi connectivity index (χ4n) is 3.00. The Morgan fingerprint density at radius 2 is 1.72 bits per heavy atom. The largest absolute Gasteiger partial charge is 0.385 e. The van der Waals surface area contributed by atoms with Gasteiger partial charge in [-0.1, -0.05) is 42.1 Å². The summed E-state index contributed by atoms with van der Waals surface area (Å²) in [5.74, 6) is -0.772. The van der Waals surface area contributed by atoms with E-state index in [0.717, 1.165) is 4.90 Å². The normalized spacial score (nSPS) is 13.9. The van der Waals surface area contributed by atoms with Crippen LogP contribution in [0.2, 0.25) is 0 Å². The maximum Gasteiger partial charge on any atom is 0.268 e. The molecule has 0 spiro atoms. The molecular weight excluding hydrogens is 388 g/mol. The van der Waals surface area contributed by atoms with Crippen molar-refractivity contribution < 1.29 is 19.1 Å². The first-order chi connectivity index (χ1) is 14.0. The number of hydrogen-bond donors (Lipinski definition) is 1. The number of ether oxygens (including phenoxy) is 1. The molecule has 0 radical (unpaired) electrons. The number of amides is 3. The van der Waals surface area contributed by atoms with E-state index in [0.29, 0.717) is 41.3 Å². The maximum absolute atomic E-state index is 13.1. The van der Waals surface area contributed by atoms with E-state index in [1.54, 1.807) is 31.4 Å². The van der Waals surface area contributed by atoms with Gasteiger partial charge in [-0.15, -0.1) is 0 Å². The summed E-state index contributed by atoms with van der Waals surface area (Å²) in [7, 11) is 1.59. The summed E-state index contributed by atoms with van der Waals surface area (Å²) in [6.07, 6.45) is 0.575. The van der Waals surface area contributed by atoms with Gasteiger partial charge in [0, 0.05) is 37.8 Å². The summed E-state index contributed by atoms with van der Waals surface area (Å²) in [6, 6.07) is 16.4. The minimum absolute atomic E-state index is 0.172. The molecule has 0 unspecified atom stereocenters. The van der Waals surface area contributed by atoms with Crippen molar-refractivity contribution in [1.82, 2.24) is 4.90 Å². The topological polar surface area (TPSA) is 75.7 Å². The zero-order valence-electron chi connectivity index (χ0n) is 16.3. The number of nitrogens with one attached hydrogen (secondary N) is 1. The lowest BCUT2D eigenvalue weighted by molar-refractivity contribution is -0.136. The lowest BCUT2D eigenvalue weighted by atomic mass is 10.1. The Bertz CT molecular complexity index is 939. The van der Waals surface area contributed by atoms with Crippen LogP contribution in [-0.4, -0.2) is 42.9 Å². The van der Waals surface area contributed by atoms with Gasteiger partial charge in [0.25, 0.3) is 11.8 Å². The second-order valence-corrected chi connectivity index (χ2v) is 7.57. The van der Waals surface area contributed by atoms with Crippen LogP contribution in [0, 0.1) is 0 Å². The molecule has 0 saturated carbocycles. The number of methoxy groups -OCH3 is 1. The van der Waals surface area contributed by atoms with Crippen LogP contribution in [0.4, 0.5) is 5.69 Å². The van der Waals surface area contributed by atoms with E-state index in [9.17, 15) is 14.4 Å². The molecule has 0 aliphatic carbocycles. The summed E-state index contributed by atoms with van der Waals surface area (Å²) in [5, 5.41) is 2.70. The molecule has 150 valence electrons. The molecule has 29 heavy (non-hydrogen) atoms. The van der Waals surface area contributed by atoms with Crippen molar-refractivity contribution in [3.05, 3.63) is 65.1 Å². The molecule has 0 saturated heterocycles. The summed E-state index contributed by atoms with van der Waals surface area (Å²) in [5.41, 5.74) is 1.66. The fraction of sp³-hybridized carbons (Fsp3) is 0.227. The number of thioether (sulfide) groups is 1. The number of carbonyl (C=O) groups is 3. The van der Waals surface area contributed by atoms with Gasteiger partial charge < -0.3 is 10.1 Å². The molecule has 2 aromatic carbocycles. The van der Waals surface area contributed by atoms with Crippen LogP contribution < -0.4 is 5.32 Å². The van der Waals surface area contributed by atoms with Crippen molar-refractivity contribution >= 4 is 40.7 Å². The van der Waals surface area contributed by atoms with Crippen LogP contribution in [-0.2, 0) is 19.1 Å². The van der Waals surface area contributed by atoms with Gasteiger partial charge in [0.15, 0.2) is 0 Å². The highest BCUT2D eigenvalue weighted by molar-refractivity contribution is 8.04. The molecule has 1 heterocycles. The number of nitrogens with zero attached hydrogens (tertiary/aromatic N) is 1. The molecule has 0 atom stereocenters.